The van der Waals surface area contributed by atoms with Crippen LogP contribution in [0.5, 0.6) is 0 Å². The lowest BCUT2D eigenvalue weighted by Crippen LogP contribution is -2.35. The van der Waals surface area contributed by atoms with Crippen LogP contribution in [-0.4, -0.2) is 10.1 Å². The van der Waals surface area contributed by atoms with Gasteiger partial charge in [0.25, 0.3) is 0 Å². The van der Waals surface area contributed by atoms with Gasteiger partial charge in [-0.1, -0.05) is 19.0 Å². The van der Waals surface area contributed by atoms with Crippen molar-refractivity contribution in [2.75, 3.05) is 0 Å². The van der Waals surface area contributed by atoms with Crippen molar-refractivity contribution in [3.8, 4) is 11.4 Å². The number of benzene rings is 1. The molecule has 0 saturated carbocycles. The Morgan fingerprint density at radius 1 is 1.32 bits per heavy atom. The molecule has 0 aliphatic carbocycles. The first-order chi connectivity index (χ1) is 9.00. The summed E-state index contributed by atoms with van der Waals surface area (Å²) in [6.07, 6.45) is 1.43. The molecule has 1 heterocycles. The quantitative estimate of drug-likeness (QED) is 0.920. The third-order valence-electron chi connectivity index (χ3n) is 3.53. The van der Waals surface area contributed by atoms with Gasteiger partial charge < -0.3 is 10.3 Å². The van der Waals surface area contributed by atoms with E-state index in [1.54, 1.807) is 19.1 Å². The van der Waals surface area contributed by atoms with Gasteiger partial charge in [0.2, 0.25) is 11.7 Å². The molecule has 1 aromatic carbocycles. The first-order valence-corrected chi connectivity index (χ1v) is 6.39. The molecule has 0 unspecified atom stereocenters. The summed E-state index contributed by atoms with van der Waals surface area (Å²) in [4.78, 5) is 4.34. The smallest absolute Gasteiger partial charge is 0.247 e. The molecule has 0 amide bonds. The van der Waals surface area contributed by atoms with Gasteiger partial charge in [0.1, 0.15) is 5.82 Å². The van der Waals surface area contributed by atoms with Crippen LogP contribution in [0.2, 0.25) is 0 Å². The minimum absolute atomic E-state index is 0.247. The summed E-state index contributed by atoms with van der Waals surface area (Å²) >= 11 is 0. The van der Waals surface area contributed by atoms with E-state index in [2.05, 4.69) is 10.1 Å². The van der Waals surface area contributed by atoms with Crippen molar-refractivity contribution in [3.63, 3.8) is 0 Å². The Labute approximate surface area is 111 Å². The van der Waals surface area contributed by atoms with Crippen LogP contribution in [0, 0.1) is 12.7 Å². The molecule has 2 aromatic rings. The van der Waals surface area contributed by atoms with Crippen molar-refractivity contribution in [1.82, 2.24) is 10.1 Å². The maximum atomic E-state index is 13.2. The molecular formula is C14H18FN3O. The van der Waals surface area contributed by atoms with Crippen LogP contribution in [0.4, 0.5) is 4.39 Å². The normalized spacial score (nSPS) is 11.8. The van der Waals surface area contributed by atoms with Crippen LogP contribution < -0.4 is 5.73 Å². The van der Waals surface area contributed by atoms with E-state index in [9.17, 15) is 4.39 Å². The average molecular weight is 263 g/mol. The van der Waals surface area contributed by atoms with E-state index < -0.39 is 5.54 Å². The molecule has 1 aromatic heterocycles. The van der Waals surface area contributed by atoms with Crippen LogP contribution in [-0.2, 0) is 5.54 Å². The number of nitrogens with zero attached hydrogens (tertiary/aromatic N) is 2. The molecule has 0 atom stereocenters. The third-order valence-corrected chi connectivity index (χ3v) is 3.53. The summed E-state index contributed by atoms with van der Waals surface area (Å²) in [6, 6.07) is 4.73. The lowest BCUT2D eigenvalue weighted by atomic mass is 9.94. The zero-order valence-electron chi connectivity index (χ0n) is 11.4. The Bertz CT molecular complexity index is 576. The lowest BCUT2D eigenvalue weighted by Gasteiger charge is -2.20. The van der Waals surface area contributed by atoms with Gasteiger partial charge in [0.15, 0.2) is 0 Å². The summed E-state index contributed by atoms with van der Waals surface area (Å²) in [5.74, 6) is 0.618. The lowest BCUT2D eigenvalue weighted by molar-refractivity contribution is 0.268. The summed E-state index contributed by atoms with van der Waals surface area (Å²) in [7, 11) is 0. The van der Waals surface area contributed by atoms with E-state index in [1.165, 1.54) is 6.07 Å². The van der Waals surface area contributed by atoms with Gasteiger partial charge in [0.05, 0.1) is 5.54 Å². The summed E-state index contributed by atoms with van der Waals surface area (Å²) < 4.78 is 18.5. The molecule has 4 nitrogen and oxygen atoms in total. The Hall–Kier alpha value is -1.75. The largest absolute Gasteiger partial charge is 0.337 e. The minimum Gasteiger partial charge on any atom is -0.337 e. The molecule has 0 saturated heterocycles. The first-order valence-electron chi connectivity index (χ1n) is 6.39. The van der Waals surface area contributed by atoms with Crippen LogP contribution in [0.25, 0.3) is 11.4 Å². The summed E-state index contributed by atoms with van der Waals surface area (Å²) in [5.41, 5.74) is 6.89. The van der Waals surface area contributed by atoms with E-state index in [1.807, 2.05) is 13.8 Å². The topological polar surface area (TPSA) is 64.9 Å². The highest BCUT2D eigenvalue weighted by Crippen LogP contribution is 2.27. The predicted molar refractivity (Wildman–Crippen MR) is 70.9 cm³/mol. The maximum Gasteiger partial charge on any atom is 0.247 e. The molecular weight excluding hydrogens is 245 g/mol. The zero-order valence-corrected chi connectivity index (χ0v) is 11.4. The third kappa shape index (κ3) is 2.51. The van der Waals surface area contributed by atoms with Gasteiger partial charge in [-0.25, -0.2) is 4.39 Å². The van der Waals surface area contributed by atoms with E-state index in [0.29, 0.717) is 30.1 Å². The second-order valence-corrected chi connectivity index (χ2v) is 4.75. The van der Waals surface area contributed by atoms with E-state index in [4.69, 9.17) is 10.3 Å². The van der Waals surface area contributed by atoms with Crippen molar-refractivity contribution in [3.05, 3.63) is 35.5 Å². The van der Waals surface area contributed by atoms with Crippen LogP contribution in [0.15, 0.2) is 22.7 Å². The Morgan fingerprint density at radius 3 is 2.58 bits per heavy atom. The minimum atomic E-state index is -0.597. The molecule has 102 valence electrons. The van der Waals surface area contributed by atoms with Gasteiger partial charge in [-0.2, -0.15) is 4.98 Å². The van der Waals surface area contributed by atoms with E-state index in [-0.39, 0.29) is 5.82 Å². The van der Waals surface area contributed by atoms with Crippen molar-refractivity contribution < 1.29 is 8.91 Å². The summed E-state index contributed by atoms with van der Waals surface area (Å²) in [6.45, 7) is 5.66. The molecule has 5 heteroatoms. The van der Waals surface area contributed by atoms with Gasteiger partial charge in [-0.15, -0.1) is 0 Å². The maximum absolute atomic E-state index is 13.2. The second kappa shape index (κ2) is 5.09. The highest BCUT2D eigenvalue weighted by Gasteiger charge is 2.30. The number of rotatable bonds is 4. The molecule has 19 heavy (non-hydrogen) atoms. The molecule has 0 radical (unpaired) electrons. The highest BCUT2D eigenvalue weighted by atomic mass is 19.1. The SMILES string of the molecule is CCC(N)(CC)c1nc(-c2ccc(F)c(C)c2)no1. The van der Waals surface area contributed by atoms with Gasteiger partial charge in [-0.3, -0.25) is 0 Å². The number of aryl methyl sites for hydroxylation is 1. The molecule has 0 fully saturated rings. The molecule has 0 aliphatic rings. The van der Waals surface area contributed by atoms with E-state index in [0.717, 1.165) is 5.56 Å². The Morgan fingerprint density at radius 2 is 2.00 bits per heavy atom. The molecule has 0 bridgehead atoms. The van der Waals surface area contributed by atoms with Crippen LogP contribution >= 0.6 is 0 Å². The van der Waals surface area contributed by atoms with Crippen molar-refractivity contribution in [2.45, 2.75) is 39.2 Å². The Kier molecular flexibility index (Phi) is 3.66. The van der Waals surface area contributed by atoms with Crippen molar-refractivity contribution in [2.24, 2.45) is 5.73 Å². The highest BCUT2D eigenvalue weighted by molar-refractivity contribution is 5.55. The van der Waals surface area contributed by atoms with Crippen LogP contribution in [0.3, 0.4) is 0 Å². The van der Waals surface area contributed by atoms with Crippen LogP contribution in [0.1, 0.15) is 38.1 Å². The van der Waals surface area contributed by atoms with Gasteiger partial charge in [0, 0.05) is 5.56 Å². The first kappa shape index (κ1) is 13.7. The Balaban J connectivity index is 2.38. The van der Waals surface area contributed by atoms with Gasteiger partial charge in [-0.05, 0) is 43.5 Å². The zero-order chi connectivity index (χ0) is 14.0. The van der Waals surface area contributed by atoms with Gasteiger partial charge >= 0.3 is 0 Å². The monoisotopic (exact) mass is 263 g/mol. The fourth-order valence-electron chi connectivity index (χ4n) is 1.88. The molecule has 2 rings (SSSR count). The molecule has 0 spiro atoms. The number of nitrogens with two attached hydrogens (primary N) is 1. The van der Waals surface area contributed by atoms with Crippen molar-refractivity contribution >= 4 is 0 Å². The predicted octanol–water partition coefficient (Wildman–Crippen LogP) is 3.16. The number of aromatic nitrogens is 2. The second-order valence-electron chi connectivity index (χ2n) is 4.75. The number of halogens is 1. The molecule has 2 N–H and O–H groups in total. The fraction of sp³-hybridized carbons (Fsp3) is 0.429. The van der Waals surface area contributed by atoms with E-state index >= 15 is 0 Å². The summed E-state index contributed by atoms with van der Waals surface area (Å²) in [5, 5.41) is 3.93. The standard InChI is InChI=1S/C14H18FN3O/c1-4-14(16,5-2)13-17-12(18-19-13)10-6-7-11(15)9(3)8-10/h6-8H,4-5,16H2,1-3H3. The number of hydrogen-bond donors (Lipinski definition) is 1. The number of hydrogen-bond acceptors (Lipinski definition) is 4. The average Bonchev–Trinajstić information content (AvgIpc) is 2.91. The molecule has 0 aliphatic heterocycles. The van der Waals surface area contributed by atoms with Crippen molar-refractivity contribution in [1.29, 1.82) is 0 Å². The fourth-order valence-corrected chi connectivity index (χ4v) is 1.88.